The van der Waals surface area contributed by atoms with E-state index in [1.54, 1.807) is 0 Å². The summed E-state index contributed by atoms with van der Waals surface area (Å²) in [5, 5.41) is 20.3. The number of carboxylic acids is 1. The van der Waals surface area contributed by atoms with Gasteiger partial charge >= 0.3 is 5.97 Å². The van der Waals surface area contributed by atoms with Crippen LogP contribution in [0.25, 0.3) is 0 Å². The average molecular weight is 359 g/mol. The Bertz CT molecular complexity index is 558. The SMILES string of the molecule is CC=CCCC(C(=O)O)C1(CC[C@@H](O)CCc2ccccc2)CCCC1. The van der Waals surface area contributed by atoms with Crippen LogP contribution in [0.1, 0.15) is 70.3 Å². The quantitative estimate of drug-likeness (QED) is 0.522. The summed E-state index contributed by atoms with van der Waals surface area (Å²) >= 11 is 0. The summed E-state index contributed by atoms with van der Waals surface area (Å²) < 4.78 is 0. The first kappa shape index (κ1) is 20.7. The molecule has 1 saturated carbocycles. The second kappa shape index (κ2) is 10.5. The summed E-state index contributed by atoms with van der Waals surface area (Å²) in [5.74, 6) is -0.947. The highest BCUT2D eigenvalue weighted by Crippen LogP contribution is 2.50. The zero-order chi connectivity index (χ0) is 18.8. The first-order valence-electron chi connectivity index (χ1n) is 10.1. The van der Waals surface area contributed by atoms with Crippen LogP contribution in [-0.4, -0.2) is 22.3 Å². The number of hydrogen-bond donors (Lipinski definition) is 2. The maximum Gasteiger partial charge on any atom is 0.307 e. The Kier molecular flexibility index (Phi) is 8.37. The lowest BCUT2D eigenvalue weighted by Crippen LogP contribution is -2.34. The standard InChI is InChI=1S/C23H34O3/c1-2-3-5-12-21(22(25)26)23(16-8-9-17-23)18-15-20(24)14-13-19-10-6-4-7-11-19/h2-4,6-7,10-11,20-21,24H,5,8-9,12-18H2,1H3,(H,25,26)/t20-,21?/m0/s1. The number of aliphatic hydroxyl groups is 1. The highest BCUT2D eigenvalue weighted by atomic mass is 16.4. The van der Waals surface area contributed by atoms with Crippen LogP contribution in [0, 0.1) is 11.3 Å². The largest absolute Gasteiger partial charge is 0.481 e. The van der Waals surface area contributed by atoms with Crippen molar-refractivity contribution in [2.45, 2.75) is 77.2 Å². The van der Waals surface area contributed by atoms with Crippen molar-refractivity contribution in [2.75, 3.05) is 0 Å². The van der Waals surface area contributed by atoms with Gasteiger partial charge in [-0.25, -0.2) is 0 Å². The average Bonchev–Trinajstić information content (AvgIpc) is 3.12. The Morgan fingerprint density at radius 1 is 1.15 bits per heavy atom. The smallest absolute Gasteiger partial charge is 0.307 e. The van der Waals surface area contributed by atoms with Crippen molar-refractivity contribution in [2.24, 2.45) is 11.3 Å². The molecule has 0 radical (unpaired) electrons. The van der Waals surface area contributed by atoms with Gasteiger partial charge in [0.15, 0.2) is 0 Å². The van der Waals surface area contributed by atoms with Crippen LogP contribution in [0.3, 0.4) is 0 Å². The van der Waals surface area contributed by atoms with Crippen molar-refractivity contribution in [3.05, 3.63) is 48.0 Å². The van der Waals surface area contributed by atoms with Gasteiger partial charge in [0, 0.05) is 0 Å². The maximum absolute atomic E-state index is 12.0. The van der Waals surface area contributed by atoms with Crippen LogP contribution in [-0.2, 0) is 11.2 Å². The highest BCUT2D eigenvalue weighted by molar-refractivity contribution is 5.71. The van der Waals surface area contributed by atoms with E-state index in [0.29, 0.717) is 12.8 Å². The van der Waals surface area contributed by atoms with Crippen LogP contribution in [0.15, 0.2) is 42.5 Å². The number of aryl methyl sites for hydroxylation is 1. The molecule has 2 atom stereocenters. The molecule has 0 aliphatic heterocycles. The molecule has 1 fully saturated rings. The van der Waals surface area contributed by atoms with E-state index in [0.717, 1.165) is 51.4 Å². The monoisotopic (exact) mass is 358 g/mol. The minimum absolute atomic E-state index is 0.124. The summed E-state index contributed by atoms with van der Waals surface area (Å²) in [6.45, 7) is 1.98. The second-order valence-electron chi connectivity index (χ2n) is 7.82. The number of carbonyl (C=O) groups is 1. The van der Waals surface area contributed by atoms with Crippen LogP contribution < -0.4 is 0 Å². The minimum atomic E-state index is -0.657. The minimum Gasteiger partial charge on any atom is -0.481 e. The lowest BCUT2D eigenvalue weighted by atomic mass is 9.68. The van der Waals surface area contributed by atoms with E-state index in [9.17, 15) is 15.0 Å². The van der Waals surface area contributed by atoms with E-state index in [1.807, 2.05) is 31.2 Å². The molecular formula is C23H34O3. The summed E-state index contributed by atoms with van der Waals surface area (Å²) in [6.07, 6.45) is 12.6. The van der Waals surface area contributed by atoms with Gasteiger partial charge in [-0.15, -0.1) is 0 Å². The van der Waals surface area contributed by atoms with E-state index in [1.165, 1.54) is 5.56 Å². The third kappa shape index (κ3) is 5.98. The molecule has 0 spiro atoms. The Hall–Kier alpha value is -1.61. The normalized spacial score (nSPS) is 18.8. The van der Waals surface area contributed by atoms with Gasteiger partial charge in [0.2, 0.25) is 0 Å². The molecule has 144 valence electrons. The third-order valence-corrected chi connectivity index (χ3v) is 6.08. The first-order valence-corrected chi connectivity index (χ1v) is 10.1. The zero-order valence-electron chi connectivity index (χ0n) is 16.1. The Morgan fingerprint density at radius 2 is 1.85 bits per heavy atom. The van der Waals surface area contributed by atoms with Gasteiger partial charge < -0.3 is 10.2 Å². The molecule has 26 heavy (non-hydrogen) atoms. The van der Waals surface area contributed by atoms with E-state index < -0.39 is 5.97 Å². The summed E-state index contributed by atoms with van der Waals surface area (Å²) in [6, 6.07) is 10.2. The fourth-order valence-corrected chi connectivity index (χ4v) is 4.55. The van der Waals surface area contributed by atoms with Crippen molar-refractivity contribution >= 4 is 5.97 Å². The van der Waals surface area contributed by atoms with Gasteiger partial charge in [-0.1, -0.05) is 55.3 Å². The molecule has 1 aromatic rings. The van der Waals surface area contributed by atoms with E-state index in [-0.39, 0.29) is 17.4 Å². The molecule has 1 aliphatic carbocycles. The van der Waals surface area contributed by atoms with E-state index in [4.69, 9.17) is 0 Å². The summed E-state index contributed by atoms with van der Waals surface area (Å²) in [4.78, 5) is 12.0. The number of hydrogen-bond acceptors (Lipinski definition) is 2. The van der Waals surface area contributed by atoms with Crippen molar-refractivity contribution in [1.29, 1.82) is 0 Å². The predicted molar refractivity (Wildman–Crippen MR) is 106 cm³/mol. The van der Waals surface area contributed by atoms with Crippen molar-refractivity contribution in [3.63, 3.8) is 0 Å². The van der Waals surface area contributed by atoms with Crippen LogP contribution in [0.5, 0.6) is 0 Å². The van der Waals surface area contributed by atoms with Crippen LogP contribution in [0.2, 0.25) is 0 Å². The van der Waals surface area contributed by atoms with Gasteiger partial charge in [0.1, 0.15) is 0 Å². The molecule has 0 heterocycles. The van der Waals surface area contributed by atoms with Crippen molar-refractivity contribution < 1.29 is 15.0 Å². The molecule has 0 bridgehead atoms. The van der Waals surface area contributed by atoms with E-state index >= 15 is 0 Å². The number of rotatable bonds is 11. The number of aliphatic hydroxyl groups excluding tert-OH is 1. The summed E-state index contributed by atoms with van der Waals surface area (Å²) in [5.41, 5.74) is 1.12. The van der Waals surface area contributed by atoms with Gasteiger partial charge in [0.25, 0.3) is 0 Å². The number of aliphatic carboxylic acids is 1. The Balaban J connectivity index is 1.91. The highest BCUT2D eigenvalue weighted by Gasteiger charge is 2.44. The molecule has 1 aliphatic rings. The van der Waals surface area contributed by atoms with Crippen molar-refractivity contribution in [1.82, 2.24) is 0 Å². The molecule has 0 saturated heterocycles. The molecule has 3 heteroatoms. The van der Waals surface area contributed by atoms with E-state index in [2.05, 4.69) is 18.2 Å². The second-order valence-corrected chi connectivity index (χ2v) is 7.82. The fraction of sp³-hybridized carbons (Fsp3) is 0.609. The molecule has 3 nitrogen and oxygen atoms in total. The zero-order valence-corrected chi connectivity index (χ0v) is 16.1. The molecule has 0 amide bonds. The number of allylic oxidation sites excluding steroid dienone is 2. The van der Waals surface area contributed by atoms with Gasteiger partial charge in [-0.05, 0) is 69.3 Å². The lowest BCUT2D eigenvalue weighted by molar-refractivity contribution is -0.147. The van der Waals surface area contributed by atoms with Crippen LogP contribution >= 0.6 is 0 Å². The van der Waals surface area contributed by atoms with Gasteiger partial charge in [-0.3, -0.25) is 4.79 Å². The third-order valence-electron chi connectivity index (χ3n) is 6.08. The molecule has 1 unspecified atom stereocenters. The molecular weight excluding hydrogens is 324 g/mol. The topological polar surface area (TPSA) is 57.5 Å². The number of benzene rings is 1. The van der Waals surface area contributed by atoms with Gasteiger partial charge in [-0.2, -0.15) is 0 Å². The Labute approximate surface area is 158 Å². The Morgan fingerprint density at radius 3 is 2.46 bits per heavy atom. The van der Waals surface area contributed by atoms with Gasteiger partial charge in [0.05, 0.1) is 12.0 Å². The lowest BCUT2D eigenvalue weighted by Gasteiger charge is -2.36. The molecule has 2 N–H and O–H groups in total. The first-order chi connectivity index (χ1) is 12.6. The fourth-order valence-electron chi connectivity index (χ4n) is 4.55. The molecule has 2 rings (SSSR count). The maximum atomic E-state index is 12.0. The van der Waals surface area contributed by atoms with Crippen LogP contribution in [0.4, 0.5) is 0 Å². The number of carboxylic acid groups (broad SMARTS) is 1. The van der Waals surface area contributed by atoms with Crippen molar-refractivity contribution in [3.8, 4) is 0 Å². The summed E-state index contributed by atoms with van der Waals surface area (Å²) in [7, 11) is 0. The molecule has 1 aromatic carbocycles. The molecule has 0 aromatic heterocycles. The predicted octanol–water partition coefficient (Wildman–Crippen LogP) is 5.38.